The summed E-state index contributed by atoms with van der Waals surface area (Å²) in [6.07, 6.45) is 4.54. The van der Waals surface area contributed by atoms with Gasteiger partial charge in [-0.2, -0.15) is 0 Å². The van der Waals surface area contributed by atoms with Crippen LogP contribution in [-0.4, -0.2) is 26.8 Å². The molecule has 1 aliphatic rings. The summed E-state index contributed by atoms with van der Waals surface area (Å²) in [6, 6.07) is 0. The highest BCUT2D eigenvalue weighted by molar-refractivity contribution is 7.90. The SMILES string of the molecule is CC(C)(CCN)CNS(=O)(=O)C1CCCC1. The molecule has 0 aromatic heterocycles. The first-order valence-corrected chi connectivity index (χ1v) is 7.60. The average Bonchev–Trinajstić information content (AvgIpc) is 2.68. The first kappa shape index (κ1) is 13.9. The van der Waals surface area contributed by atoms with Crippen LogP contribution in [-0.2, 0) is 10.0 Å². The lowest BCUT2D eigenvalue weighted by Gasteiger charge is -2.25. The quantitative estimate of drug-likeness (QED) is 0.742. The molecular formula is C11H24N2O2S. The van der Waals surface area contributed by atoms with Crippen LogP contribution in [0.2, 0.25) is 0 Å². The Bertz CT molecular complexity index is 306. The third-order valence-electron chi connectivity index (χ3n) is 3.31. The Morgan fingerprint density at radius 3 is 2.38 bits per heavy atom. The van der Waals surface area contributed by atoms with Crippen molar-refractivity contribution in [3.05, 3.63) is 0 Å². The molecule has 0 bridgehead atoms. The lowest BCUT2D eigenvalue weighted by Crippen LogP contribution is -2.39. The van der Waals surface area contributed by atoms with Gasteiger partial charge in [-0.05, 0) is 31.2 Å². The number of rotatable bonds is 6. The molecule has 3 N–H and O–H groups in total. The van der Waals surface area contributed by atoms with E-state index < -0.39 is 10.0 Å². The van der Waals surface area contributed by atoms with Crippen LogP contribution in [0.1, 0.15) is 46.0 Å². The van der Waals surface area contributed by atoms with Crippen molar-refractivity contribution in [2.45, 2.75) is 51.2 Å². The van der Waals surface area contributed by atoms with E-state index in [2.05, 4.69) is 4.72 Å². The molecular weight excluding hydrogens is 224 g/mol. The number of nitrogens with two attached hydrogens (primary N) is 1. The monoisotopic (exact) mass is 248 g/mol. The van der Waals surface area contributed by atoms with Crippen LogP contribution in [0.25, 0.3) is 0 Å². The normalized spacial score (nSPS) is 19.2. The molecule has 4 nitrogen and oxygen atoms in total. The van der Waals surface area contributed by atoms with Crippen LogP contribution in [0.5, 0.6) is 0 Å². The molecule has 0 heterocycles. The highest BCUT2D eigenvalue weighted by atomic mass is 32.2. The summed E-state index contributed by atoms with van der Waals surface area (Å²) in [7, 11) is -3.10. The molecule has 1 fully saturated rings. The summed E-state index contributed by atoms with van der Waals surface area (Å²) in [6.45, 7) is 5.16. The van der Waals surface area contributed by atoms with Crippen molar-refractivity contribution in [1.82, 2.24) is 4.72 Å². The van der Waals surface area contributed by atoms with Gasteiger partial charge in [0, 0.05) is 6.54 Å². The standard InChI is InChI=1S/C11H24N2O2S/c1-11(2,7-8-12)9-13-16(14,15)10-5-3-4-6-10/h10,13H,3-9,12H2,1-2H3. The third kappa shape index (κ3) is 4.03. The van der Waals surface area contributed by atoms with Gasteiger partial charge in [0.1, 0.15) is 0 Å². The maximum absolute atomic E-state index is 11.9. The molecule has 0 saturated heterocycles. The number of hydrogen-bond donors (Lipinski definition) is 2. The molecule has 0 radical (unpaired) electrons. The molecule has 0 atom stereocenters. The van der Waals surface area contributed by atoms with E-state index in [0.29, 0.717) is 13.1 Å². The Morgan fingerprint density at radius 1 is 1.31 bits per heavy atom. The van der Waals surface area contributed by atoms with E-state index in [1.54, 1.807) is 0 Å². The van der Waals surface area contributed by atoms with Crippen molar-refractivity contribution in [2.24, 2.45) is 11.1 Å². The van der Waals surface area contributed by atoms with Gasteiger partial charge in [0.05, 0.1) is 5.25 Å². The summed E-state index contributed by atoms with van der Waals surface area (Å²) in [5.74, 6) is 0. The van der Waals surface area contributed by atoms with Gasteiger partial charge < -0.3 is 5.73 Å². The summed E-state index contributed by atoms with van der Waals surface area (Å²) in [4.78, 5) is 0. The van der Waals surface area contributed by atoms with Gasteiger partial charge in [0.25, 0.3) is 0 Å². The minimum atomic E-state index is -3.10. The second kappa shape index (κ2) is 5.47. The van der Waals surface area contributed by atoms with Crippen molar-refractivity contribution in [3.8, 4) is 0 Å². The van der Waals surface area contributed by atoms with E-state index in [0.717, 1.165) is 32.1 Å². The van der Waals surface area contributed by atoms with Crippen molar-refractivity contribution in [2.75, 3.05) is 13.1 Å². The van der Waals surface area contributed by atoms with Gasteiger partial charge in [0.2, 0.25) is 10.0 Å². The van der Waals surface area contributed by atoms with Gasteiger partial charge >= 0.3 is 0 Å². The minimum Gasteiger partial charge on any atom is -0.330 e. The van der Waals surface area contributed by atoms with Gasteiger partial charge in [-0.1, -0.05) is 26.7 Å². The van der Waals surface area contributed by atoms with Gasteiger partial charge in [0.15, 0.2) is 0 Å². The van der Waals surface area contributed by atoms with Crippen molar-refractivity contribution in [1.29, 1.82) is 0 Å². The summed E-state index contributed by atoms with van der Waals surface area (Å²) >= 11 is 0. The van der Waals surface area contributed by atoms with Crippen LogP contribution in [0.4, 0.5) is 0 Å². The fourth-order valence-corrected chi connectivity index (χ4v) is 3.87. The van der Waals surface area contributed by atoms with Crippen LogP contribution in [0.3, 0.4) is 0 Å². The lowest BCUT2D eigenvalue weighted by molar-refractivity contribution is 0.339. The molecule has 1 saturated carbocycles. The van der Waals surface area contributed by atoms with E-state index in [-0.39, 0.29) is 10.7 Å². The molecule has 0 aliphatic heterocycles. The highest BCUT2D eigenvalue weighted by Gasteiger charge is 2.30. The molecule has 0 unspecified atom stereocenters. The van der Waals surface area contributed by atoms with E-state index in [1.165, 1.54) is 0 Å². The van der Waals surface area contributed by atoms with E-state index >= 15 is 0 Å². The maximum atomic E-state index is 11.9. The number of sulfonamides is 1. The van der Waals surface area contributed by atoms with Crippen LogP contribution in [0, 0.1) is 5.41 Å². The van der Waals surface area contributed by atoms with Crippen molar-refractivity contribution >= 4 is 10.0 Å². The summed E-state index contributed by atoms with van der Waals surface area (Å²) in [5.41, 5.74) is 5.44. The largest absolute Gasteiger partial charge is 0.330 e. The second-order valence-corrected chi connectivity index (χ2v) is 7.52. The van der Waals surface area contributed by atoms with E-state index in [1.807, 2.05) is 13.8 Å². The van der Waals surface area contributed by atoms with E-state index in [4.69, 9.17) is 5.73 Å². The van der Waals surface area contributed by atoms with Gasteiger partial charge in [-0.25, -0.2) is 13.1 Å². The first-order chi connectivity index (χ1) is 7.37. The molecule has 0 amide bonds. The summed E-state index contributed by atoms with van der Waals surface area (Å²) < 4.78 is 26.6. The first-order valence-electron chi connectivity index (χ1n) is 6.06. The van der Waals surface area contributed by atoms with Gasteiger partial charge in [-0.3, -0.25) is 0 Å². The Morgan fingerprint density at radius 2 is 1.88 bits per heavy atom. The molecule has 0 spiro atoms. The summed E-state index contributed by atoms with van der Waals surface area (Å²) in [5, 5.41) is -0.166. The van der Waals surface area contributed by atoms with Crippen molar-refractivity contribution < 1.29 is 8.42 Å². The Hall–Kier alpha value is -0.130. The molecule has 5 heteroatoms. The third-order valence-corrected chi connectivity index (χ3v) is 5.21. The topological polar surface area (TPSA) is 72.2 Å². The Balaban J connectivity index is 2.47. The van der Waals surface area contributed by atoms with Gasteiger partial charge in [-0.15, -0.1) is 0 Å². The molecule has 1 aliphatic carbocycles. The average molecular weight is 248 g/mol. The number of hydrogen-bond acceptors (Lipinski definition) is 3. The van der Waals surface area contributed by atoms with Crippen LogP contribution >= 0.6 is 0 Å². The lowest BCUT2D eigenvalue weighted by atomic mass is 9.90. The minimum absolute atomic E-state index is 0.0551. The van der Waals surface area contributed by atoms with Crippen LogP contribution < -0.4 is 10.5 Å². The molecule has 16 heavy (non-hydrogen) atoms. The predicted molar refractivity (Wildman–Crippen MR) is 66.6 cm³/mol. The van der Waals surface area contributed by atoms with Crippen molar-refractivity contribution in [3.63, 3.8) is 0 Å². The maximum Gasteiger partial charge on any atom is 0.214 e. The zero-order chi connectivity index (χ0) is 12.2. The fraction of sp³-hybridized carbons (Fsp3) is 1.00. The highest BCUT2D eigenvalue weighted by Crippen LogP contribution is 2.25. The van der Waals surface area contributed by atoms with Crippen LogP contribution in [0.15, 0.2) is 0 Å². The molecule has 0 aromatic rings. The zero-order valence-corrected chi connectivity index (χ0v) is 11.1. The number of nitrogens with one attached hydrogen (secondary N) is 1. The zero-order valence-electron chi connectivity index (χ0n) is 10.3. The Labute approximate surface area is 99.0 Å². The molecule has 96 valence electrons. The fourth-order valence-electron chi connectivity index (χ4n) is 2.09. The molecule has 0 aromatic carbocycles. The smallest absolute Gasteiger partial charge is 0.214 e. The predicted octanol–water partition coefficient (Wildman–Crippen LogP) is 1.22. The van der Waals surface area contributed by atoms with E-state index in [9.17, 15) is 8.42 Å². The second-order valence-electron chi connectivity index (χ2n) is 5.48. The molecule has 1 rings (SSSR count). The Kier molecular flexibility index (Phi) is 4.76.